The van der Waals surface area contributed by atoms with E-state index < -0.39 is 11.9 Å². The number of aliphatic hydroxyl groups excluding tert-OH is 1. The van der Waals surface area contributed by atoms with Crippen LogP contribution in [0.2, 0.25) is 0 Å². The van der Waals surface area contributed by atoms with E-state index in [0.29, 0.717) is 26.4 Å². The van der Waals surface area contributed by atoms with Crippen molar-refractivity contribution in [3.8, 4) is 0 Å². The molecule has 35 heavy (non-hydrogen) atoms. The van der Waals surface area contributed by atoms with E-state index in [-0.39, 0.29) is 17.7 Å². The van der Waals surface area contributed by atoms with Crippen molar-refractivity contribution in [1.82, 2.24) is 4.57 Å². The van der Waals surface area contributed by atoms with E-state index in [0.717, 1.165) is 40.6 Å². The van der Waals surface area contributed by atoms with Crippen molar-refractivity contribution in [2.45, 2.75) is 44.1 Å². The van der Waals surface area contributed by atoms with Gasteiger partial charge in [0.2, 0.25) is 0 Å². The van der Waals surface area contributed by atoms with Crippen molar-refractivity contribution in [1.29, 1.82) is 0 Å². The molecule has 1 aliphatic carbocycles. The lowest BCUT2D eigenvalue weighted by atomic mass is 10.0. The Morgan fingerprint density at radius 1 is 0.914 bits per heavy atom. The number of benzene rings is 3. The summed E-state index contributed by atoms with van der Waals surface area (Å²) in [5.41, 5.74) is 9.79. The second kappa shape index (κ2) is 10.2. The number of nitrogens with zero attached hydrogens (tertiary/aromatic N) is 1. The van der Waals surface area contributed by atoms with Gasteiger partial charge in [-0.05, 0) is 36.1 Å². The van der Waals surface area contributed by atoms with Crippen molar-refractivity contribution in [3.05, 3.63) is 102 Å². The largest absolute Gasteiger partial charge is 0.396 e. The molecule has 0 spiro atoms. The summed E-state index contributed by atoms with van der Waals surface area (Å²) in [5.74, 6) is -0.455. The van der Waals surface area contributed by atoms with Gasteiger partial charge in [-0.15, -0.1) is 0 Å². The highest BCUT2D eigenvalue weighted by molar-refractivity contribution is 5.85. The molecule has 4 aromatic rings. The maximum Gasteiger partial charge on any atom is 0.148 e. The summed E-state index contributed by atoms with van der Waals surface area (Å²) in [5, 5.41) is 11.7. The van der Waals surface area contributed by atoms with Gasteiger partial charge in [-0.2, -0.15) is 0 Å². The molecule has 6 heteroatoms. The molecule has 1 aliphatic rings. The maximum atomic E-state index is 14.4. The van der Waals surface area contributed by atoms with Gasteiger partial charge >= 0.3 is 0 Å². The Labute approximate surface area is 204 Å². The van der Waals surface area contributed by atoms with E-state index >= 15 is 0 Å². The lowest BCUT2D eigenvalue weighted by molar-refractivity contribution is 0.0200. The molecule has 1 atom stereocenters. The van der Waals surface area contributed by atoms with Crippen molar-refractivity contribution < 1.29 is 19.0 Å². The number of aromatic nitrogens is 1. The van der Waals surface area contributed by atoms with Gasteiger partial charge in [-0.25, -0.2) is 4.39 Å². The number of hydrogen-bond acceptors (Lipinski definition) is 4. The van der Waals surface area contributed by atoms with Crippen LogP contribution in [0.15, 0.2) is 78.9 Å². The molecule has 0 amide bonds. The van der Waals surface area contributed by atoms with E-state index in [9.17, 15) is 9.50 Å². The van der Waals surface area contributed by atoms with Gasteiger partial charge in [0.05, 0.1) is 50.3 Å². The molecule has 1 saturated carbocycles. The van der Waals surface area contributed by atoms with Crippen LogP contribution >= 0.6 is 0 Å². The third kappa shape index (κ3) is 5.40. The summed E-state index contributed by atoms with van der Waals surface area (Å²) < 4.78 is 28.3. The Balaban J connectivity index is 1.33. The number of fused-ring (bicyclic) bond motifs is 1. The summed E-state index contributed by atoms with van der Waals surface area (Å²) in [6.45, 7) is 2.02. The second-order valence-electron chi connectivity index (χ2n) is 9.49. The number of halogens is 1. The molecule has 1 aromatic heterocycles. The first-order valence-electron chi connectivity index (χ1n) is 12.0. The smallest absolute Gasteiger partial charge is 0.148 e. The van der Waals surface area contributed by atoms with Crippen molar-refractivity contribution in [3.63, 3.8) is 0 Å². The number of hydrogen-bond donors (Lipinski definition) is 2. The summed E-state index contributed by atoms with van der Waals surface area (Å²) in [4.78, 5) is 0. The normalized spacial score (nSPS) is 15.4. The van der Waals surface area contributed by atoms with Crippen LogP contribution in [0.1, 0.15) is 29.7 Å². The molecule has 0 bridgehead atoms. The van der Waals surface area contributed by atoms with Crippen LogP contribution < -0.4 is 5.73 Å². The monoisotopic (exact) mass is 474 g/mol. The Kier molecular flexibility index (Phi) is 6.86. The van der Waals surface area contributed by atoms with Crippen LogP contribution in [0.3, 0.4) is 0 Å². The summed E-state index contributed by atoms with van der Waals surface area (Å²) in [6.07, 6.45) is 1.22. The summed E-state index contributed by atoms with van der Waals surface area (Å²) in [6, 6.07) is 25.2. The van der Waals surface area contributed by atoms with E-state index in [1.165, 1.54) is 6.07 Å². The number of nitrogens with two attached hydrogens (primary N) is 1. The molecule has 5 nitrogen and oxygen atoms in total. The Bertz CT molecular complexity index is 1270. The van der Waals surface area contributed by atoms with Gasteiger partial charge in [0.1, 0.15) is 5.82 Å². The summed E-state index contributed by atoms with van der Waals surface area (Å²) >= 11 is 0. The second-order valence-corrected chi connectivity index (χ2v) is 9.49. The number of ether oxygens (including phenoxy) is 2. The predicted octanol–water partition coefficient (Wildman–Crippen LogP) is 5.19. The van der Waals surface area contributed by atoms with E-state index in [1.54, 1.807) is 6.07 Å². The SMILES string of the molecule is Nc1cc2cc(C3(COCc4ccccc4)CC3)n(C[C@@H](O)COCc3ccccc3)c2cc1F. The van der Waals surface area contributed by atoms with Crippen LogP contribution in [0.5, 0.6) is 0 Å². The van der Waals surface area contributed by atoms with Crippen molar-refractivity contribution in [2.24, 2.45) is 0 Å². The molecular formula is C29H31FN2O3. The lowest BCUT2D eigenvalue weighted by Gasteiger charge is -2.22. The van der Waals surface area contributed by atoms with Gasteiger partial charge in [-0.1, -0.05) is 60.7 Å². The zero-order chi connectivity index (χ0) is 24.3. The molecule has 0 saturated heterocycles. The average molecular weight is 475 g/mol. The Morgan fingerprint density at radius 2 is 1.54 bits per heavy atom. The van der Waals surface area contributed by atoms with E-state index in [2.05, 4.69) is 6.07 Å². The Hall–Kier alpha value is -3.19. The minimum absolute atomic E-state index is 0.123. The molecule has 0 aliphatic heterocycles. The van der Waals surface area contributed by atoms with Crippen LogP contribution in [-0.4, -0.2) is 29.0 Å². The third-order valence-corrected chi connectivity index (χ3v) is 6.72. The highest BCUT2D eigenvalue weighted by atomic mass is 19.1. The van der Waals surface area contributed by atoms with Gasteiger partial charge in [-0.3, -0.25) is 0 Å². The highest BCUT2D eigenvalue weighted by Crippen LogP contribution is 2.50. The molecule has 1 fully saturated rings. The number of aliphatic hydroxyl groups is 1. The average Bonchev–Trinajstić information content (AvgIpc) is 3.57. The first-order chi connectivity index (χ1) is 17.0. The fourth-order valence-corrected chi connectivity index (χ4v) is 4.65. The van der Waals surface area contributed by atoms with Crippen LogP contribution in [0.4, 0.5) is 10.1 Å². The quantitative estimate of drug-likeness (QED) is 0.294. The van der Waals surface area contributed by atoms with E-state index in [1.807, 2.05) is 65.2 Å². The molecule has 5 rings (SSSR count). The minimum atomic E-state index is -0.741. The Morgan fingerprint density at radius 3 is 2.17 bits per heavy atom. The zero-order valence-electron chi connectivity index (χ0n) is 19.7. The topological polar surface area (TPSA) is 69.6 Å². The van der Waals surface area contributed by atoms with Crippen LogP contribution in [0.25, 0.3) is 10.9 Å². The van der Waals surface area contributed by atoms with Gasteiger partial charge in [0, 0.05) is 22.6 Å². The van der Waals surface area contributed by atoms with Gasteiger partial charge in [0.15, 0.2) is 0 Å². The number of rotatable bonds is 11. The molecule has 182 valence electrons. The first-order valence-corrected chi connectivity index (χ1v) is 12.0. The van der Waals surface area contributed by atoms with Crippen LogP contribution in [-0.2, 0) is 34.6 Å². The standard InChI is InChI=1S/C29H31FN2O3/c30-25-15-27-23(13-26(25)31)14-28(29(11-12-29)20-35-18-22-9-5-2-6-10-22)32(27)16-24(33)19-34-17-21-7-3-1-4-8-21/h1-10,13-15,24,33H,11-12,16-20,31H2/t24-/m1/s1. The third-order valence-electron chi connectivity index (χ3n) is 6.72. The fraction of sp³-hybridized carbons (Fsp3) is 0.310. The van der Waals surface area contributed by atoms with Gasteiger partial charge < -0.3 is 24.9 Å². The minimum Gasteiger partial charge on any atom is -0.396 e. The number of nitrogen functional groups attached to an aromatic ring is 1. The zero-order valence-corrected chi connectivity index (χ0v) is 19.7. The molecule has 3 N–H and O–H groups in total. The predicted molar refractivity (Wildman–Crippen MR) is 135 cm³/mol. The molecule has 1 heterocycles. The van der Waals surface area contributed by atoms with Crippen LogP contribution in [0, 0.1) is 5.82 Å². The van der Waals surface area contributed by atoms with E-state index in [4.69, 9.17) is 15.2 Å². The maximum absolute atomic E-state index is 14.4. The molecule has 0 unspecified atom stereocenters. The molecule has 0 radical (unpaired) electrons. The molecular weight excluding hydrogens is 443 g/mol. The summed E-state index contributed by atoms with van der Waals surface area (Å²) in [7, 11) is 0. The lowest BCUT2D eigenvalue weighted by Crippen LogP contribution is -2.26. The molecule has 3 aromatic carbocycles. The van der Waals surface area contributed by atoms with Gasteiger partial charge in [0.25, 0.3) is 0 Å². The van der Waals surface area contributed by atoms with Crippen molar-refractivity contribution in [2.75, 3.05) is 18.9 Å². The fourth-order valence-electron chi connectivity index (χ4n) is 4.65. The highest BCUT2D eigenvalue weighted by Gasteiger charge is 2.47. The first kappa shape index (κ1) is 23.5. The van der Waals surface area contributed by atoms with Crippen molar-refractivity contribution >= 4 is 16.6 Å². The number of anilines is 1.